The van der Waals surface area contributed by atoms with Crippen LogP contribution in [-0.4, -0.2) is 11.2 Å². The van der Waals surface area contributed by atoms with Crippen LogP contribution >= 0.6 is 0 Å². The van der Waals surface area contributed by atoms with Gasteiger partial charge in [0.25, 0.3) is 0 Å². The van der Waals surface area contributed by atoms with Gasteiger partial charge in [0.2, 0.25) is 0 Å². The van der Waals surface area contributed by atoms with Crippen molar-refractivity contribution in [2.45, 2.75) is 12.5 Å². The van der Waals surface area contributed by atoms with Crippen LogP contribution in [0.5, 0.6) is 0 Å². The second kappa shape index (κ2) is 3.75. The van der Waals surface area contributed by atoms with E-state index >= 15 is 0 Å². The lowest BCUT2D eigenvalue weighted by molar-refractivity contribution is 0.231. The van der Waals surface area contributed by atoms with Crippen LogP contribution < -0.4 is 0 Å². The largest absolute Gasteiger partial charge is 0.378 e. The number of hydrogen-bond acceptors (Lipinski definition) is 2. The van der Waals surface area contributed by atoms with Crippen molar-refractivity contribution in [1.82, 2.24) is 0 Å². The van der Waals surface area contributed by atoms with Gasteiger partial charge in [0, 0.05) is 6.42 Å². The SMILES string of the molecule is N#C[C@@H](O)Cc1ccccc1. The van der Waals surface area contributed by atoms with Crippen LogP contribution in [0.3, 0.4) is 0 Å². The predicted octanol–water partition coefficient (Wildman–Crippen LogP) is 1.11. The van der Waals surface area contributed by atoms with Crippen molar-refractivity contribution >= 4 is 0 Å². The molecule has 0 saturated carbocycles. The Morgan fingerprint density at radius 3 is 2.55 bits per heavy atom. The first-order chi connectivity index (χ1) is 5.33. The number of hydrogen-bond donors (Lipinski definition) is 1. The minimum Gasteiger partial charge on any atom is -0.378 e. The van der Waals surface area contributed by atoms with E-state index in [1.165, 1.54) is 0 Å². The van der Waals surface area contributed by atoms with Gasteiger partial charge in [-0.3, -0.25) is 0 Å². The molecule has 0 radical (unpaired) electrons. The lowest BCUT2D eigenvalue weighted by Crippen LogP contribution is -2.06. The molecule has 1 aromatic rings. The van der Waals surface area contributed by atoms with E-state index in [0.717, 1.165) is 5.56 Å². The zero-order valence-electron chi connectivity index (χ0n) is 6.07. The van der Waals surface area contributed by atoms with Gasteiger partial charge >= 0.3 is 0 Å². The zero-order chi connectivity index (χ0) is 8.10. The van der Waals surface area contributed by atoms with Crippen molar-refractivity contribution < 1.29 is 5.11 Å². The second-order valence-corrected chi connectivity index (χ2v) is 2.33. The highest BCUT2D eigenvalue weighted by molar-refractivity contribution is 5.16. The normalized spacial score (nSPS) is 12.0. The average molecular weight is 147 g/mol. The Labute approximate surface area is 65.7 Å². The Hall–Kier alpha value is -1.33. The zero-order valence-corrected chi connectivity index (χ0v) is 6.07. The van der Waals surface area contributed by atoms with E-state index in [-0.39, 0.29) is 0 Å². The highest BCUT2D eigenvalue weighted by atomic mass is 16.3. The number of benzene rings is 1. The number of aliphatic hydroxyl groups is 1. The van der Waals surface area contributed by atoms with Gasteiger partial charge in [-0.1, -0.05) is 30.3 Å². The van der Waals surface area contributed by atoms with Gasteiger partial charge in [0.05, 0.1) is 6.07 Å². The molecule has 0 unspecified atom stereocenters. The third-order valence-electron chi connectivity index (χ3n) is 1.42. The quantitative estimate of drug-likeness (QED) is 0.637. The summed E-state index contributed by atoms with van der Waals surface area (Å²) < 4.78 is 0. The van der Waals surface area contributed by atoms with Gasteiger partial charge in [-0.2, -0.15) is 5.26 Å². The van der Waals surface area contributed by atoms with E-state index in [2.05, 4.69) is 0 Å². The Bertz CT molecular complexity index is 250. The highest BCUT2D eigenvalue weighted by Crippen LogP contribution is 2.01. The van der Waals surface area contributed by atoms with Crippen LogP contribution in [0, 0.1) is 11.3 Å². The summed E-state index contributed by atoms with van der Waals surface area (Å²) in [6, 6.07) is 11.2. The van der Waals surface area contributed by atoms with Crippen molar-refractivity contribution in [1.29, 1.82) is 5.26 Å². The standard InChI is InChI=1S/C9H9NO/c10-7-9(11)6-8-4-2-1-3-5-8/h1-5,9,11H,6H2/t9-/m0/s1. The summed E-state index contributed by atoms with van der Waals surface area (Å²) in [5.74, 6) is 0. The van der Waals surface area contributed by atoms with Gasteiger partial charge < -0.3 is 5.11 Å². The Kier molecular flexibility index (Phi) is 2.65. The molecule has 0 heterocycles. The van der Waals surface area contributed by atoms with Crippen molar-refractivity contribution in [2.24, 2.45) is 0 Å². The van der Waals surface area contributed by atoms with E-state index in [4.69, 9.17) is 10.4 Å². The number of nitriles is 1. The summed E-state index contributed by atoms with van der Waals surface area (Å²) >= 11 is 0. The van der Waals surface area contributed by atoms with E-state index in [9.17, 15) is 0 Å². The molecular formula is C9H9NO. The number of rotatable bonds is 2. The molecule has 2 nitrogen and oxygen atoms in total. The summed E-state index contributed by atoms with van der Waals surface area (Å²) in [7, 11) is 0. The molecular weight excluding hydrogens is 138 g/mol. The second-order valence-electron chi connectivity index (χ2n) is 2.33. The molecule has 0 bridgehead atoms. The molecule has 0 saturated heterocycles. The van der Waals surface area contributed by atoms with Crippen molar-refractivity contribution in [2.75, 3.05) is 0 Å². The maximum absolute atomic E-state index is 8.95. The maximum atomic E-state index is 8.95. The van der Waals surface area contributed by atoms with Crippen molar-refractivity contribution in [3.63, 3.8) is 0 Å². The first kappa shape index (κ1) is 7.77. The molecule has 1 N–H and O–H groups in total. The lowest BCUT2D eigenvalue weighted by Gasteiger charge is -1.99. The third-order valence-corrected chi connectivity index (χ3v) is 1.42. The van der Waals surface area contributed by atoms with Gasteiger partial charge in [-0.05, 0) is 5.56 Å². The number of nitrogens with zero attached hydrogens (tertiary/aromatic N) is 1. The monoisotopic (exact) mass is 147 g/mol. The van der Waals surface area contributed by atoms with Crippen LogP contribution in [-0.2, 0) is 6.42 Å². The summed E-state index contributed by atoms with van der Waals surface area (Å²) in [6.45, 7) is 0. The molecule has 0 aliphatic heterocycles. The first-order valence-electron chi connectivity index (χ1n) is 3.44. The summed E-state index contributed by atoms with van der Waals surface area (Å²) in [5.41, 5.74) is 0.988. The maximum Gasteiger partial charge on any atom is 0.144 e. The fraction of sp³-hybridized carbons (Fsp3) is 0.222. The van der Waals surface area contributed by atoms with E-state index in [1.54, 1.807) is 6.07 Å². The lowest BCUT2D eigenvalue weighted by atomic mass is 10.1. The number of aliphatic hydroxyl groups excluding tert-OH is 1. The molecule has 56 valence electrons. The fourth-order valence-corrected chi connectivity index (χ4v) is 0.883. The molecule has 0 spiro atoms. The topological polar surface area (TPSA) is 44.0 Å². The van der Waals surface area contributed by atoms with E-state index in [0.29, 0.717) is 6.42 Å². The highest BCUT2D eigenvalue weighted by Gasteiger charge is 2.00. The van der Waals surface area contributed by atoms with Crippen LogP contribution in [0.1, 0.15) is 5.56 Å². The van der Waals surface area contributed by atoms with Crippen molar-refractivity contribution in [3.8, 4) is 6.07 Å². The molecule has 1 rings (SSSR count). The fourth-order valence-electron chi connectivity index (χ4n) is 0.883. The van der Waals surface area contributed by atoms with Gasteiger partial charge in [0.15, 0.2) is 0 Å². The molecule has 1 aromatic carbocycles. The molecule has 1 atom stereocenters. The van der Waals surface area contributed by atoms with Crippen LogP contribution in [0.4, 0.5) is 0 Å². The van der Waals surface area contributed by atoms with Crippen LogP contribution in [0.25, 0.3) is 0 Å². The summed E-state index contributed by atoms with van der Waals surface area (Å²) in [4.78, 5) is 0. The molecule has 0 aromatic heterocycles. The minimum absolute atomic E-state index is 0.414. The predicted molar refractivity (Wildman–Crippen MR) is 41.8 cm³/mol. The van der Waals surface area contributed by atoms with E-state index in [1.807, 2.05) is 30.3 Å². The summed E-state index contributed by atoms with van der Waals surface area (Å²) in [5, 5.41) is 17.2. The molecule has 0 fully saturated rings. The third kappa shape index (κ3) is 2.40. The van der Waals surface area contributed by atoms with Gasteiger partial charge in [0.1, 0.15) is 6.10 Å². The first-order valence-corrected chi connectivity index (χ1v) is 3.44. The van der Waals surface area contributed by atoms with Crippen LogP contribution in [0.15, 0.2) is 30.3 Å². The molecule has 0 aliphatic rings. The van der Waals surface area contributed by atoms with Gasteiger partial charge in [-0.25, -0.2) is 0 Å². The van der Waals surface area contributed by atoms with Gasteiger partial charge in [-0.15, -0.1) is 0 Å². The summed E-state index contributed by atoms with van der Waals surface area (Å²) in [6.07, 6.45) is -0.463. The molecule has 0 aliphatic carbocycles. The molecule has 2 heteroatoms. The minimum atomic E-state index is -0.877. The van der Waals surface area contributed by atoms with Crippen molar-refractivity contribution in [3.05, 3.63) is 35.9 Å². The Morgan fingerprint density at radius 2 is 2.00 bits per heavy atom. The van der Waals surface area contributed by atoms with E-state index < -0.39 is 6.10 Å². The Morgan fingerprint density at radius 1 is 1.36 bits per heavy atom. The van der Waals surface area contributed by atoms with Crippen LogP contribution in [0.2, 0.25) is 0 Å². The molecule has 11 heavy (non-hydrogen) atoms. The average Bonchev–Trinajstić information content (AvgIpc) is 2.06. The Balaban J connectivity index is 2.60. The smallest absolute Gasteiger partial charge is 0.144 e. The molecule has 0 amide bonds.